The molecule has 1 heterocycles. The zero-order chi connectivity index (χ0) is 15.6. The van der Waals surface area contributed by atoms with Gasteiger partial charge in [-0.3, -0.25) is 29.8 Å². The van der Waals surface area contributed by atoms with E-state index >= 15 is 0 Å². The summed E-state index contributed by atoms with van der Waals surface area (Å²) in [6.45, 7) is 1.70. The monoisotopic (exact) mass is 291 g/mol. The van der Waals surface area contributed by atoms with Gasteiger partial charge in [0.25, 0.3) is 11.6 Å². The maximum atomic E-state index is 12.1. The highest BCUT2D eigenvalue weighted by Gasteiger charge is 2.30. The molecule has 1 saturated heterocycles. The first kappa shape index (κ1) is 14.6. The molecule has 1 aromatic carbocycles. The Morgan fingerprint density at radius 3 is 2.76 bits per heavy atom. The molecule has 8 nitrogen and oxygen atoms in total. The van der Waals surface area contributed by atoms with Crippen molar-refractivity contribution < 1.29 is 19.3 Å². The van der Waals surface area contributed by atoms with Crippen LogP contribution >= 0.6 is 0 Å². The molecule has 3 amide bonds. The highest BCUT2D eigenvalue weighted by Crippen LogP contribution is 2.20. The summed E-state index contributed by atoms with van der Waals surface area (Å²) < 4.78 is 0. The molecule has 8 heteroatoms. The van der Waals surface area contributed by atoms with Crippen LogP contribution in [-0.4, -0.2) is 28.7 Å². The van der Waals surface area contributed by atoms with Crippen molar-refractivity contribution in [2.24, 2.45) is 0 Å². The van der Waals surface area contributed by atoms with Crippen molar-refractivity contribution in [1.82, 2.24) is 10.6 Å². The molecular formula is C13H13N3O5. The lowest BCUT2D eigenvalue weighted by Gasteiger charge is -2.21. The Morgan fingerprint density at radius 1 is 1.43 bits per heavy atom. The Hall–Kier alpha value is -2.77. The third-order valence-electron chi connectivity index (χ3n) is 3.14. The van der Waals surface area contributed by atoms with Crippen LogP contribution in [0.3, 0.4) is 0 Å². The molecule has 1 unspecified atom stereocenters. The molecule has 1 aromatic rings. The lowest BCUT2D eigenvalue weighted by atomic mass is 10.0. The average Bonchev–Trinajstić information content (AvgIpc) is 2.41. The number of nitrogens with zero attached hydrogens (tertiary/aromatic N) is 1. The van der Waals surface area contributed by atoms with E-state index in [4.69, 9.17) is 0 Å². The van der Waals surface area contributed by atoms with Crippen molar-refractivity contribution in [3.8, 4) is 0 Å². The summed E-state index contributed by atoms with van der Waals surface area (Å²) in [6.07, 6.45) is 0.294. The summed E-state index contributed by atoms with van der Waals surface area (Å²) in [5.74, 6) is -1.71. The maximum Gasteiger partial charge on any atom is 0.282 e. The van der Waals surface area contributed by atoms with Gasteiger partial charge in [-0.2, -0.15) is 0 Å². The van der Waals surface area contributed by atoms with Gasteiger partial charge in [-0.05, 0) is 25.0 Å². The first-order valence-corrected chi connectivity index (χ1v) is 6.28. The average molecular weight is 291 g/mol. The Bertz CT molecular complexity index is 641. The smallest absolute Gasteiger partial charge is 0.282 e. The Labute approximate surface area is 119 Å². The van der Waals surface area contributed by atoms with Gasteiger partial charge in [0.15, 0.2) is 0 Å². The van der Waals surface area contributed by atoms with Crippen LogP contribution in [0, 0.1) is 17.0 Å². The van der Waals surface area contributed by atoms with Gasteiger partial charge in [0.1, 0.15) is 11.6 Å². The fraction of sp³-hybridized carbons (Fsp3) is 0.308. The van der Waals surface area contributed by atoms with Crippen molar-refractivity contribution in [2.45, 2.75) is 25.8 Å². The van der Waals surface area contributed by atoms with Crippen molar-refractivity contribution in [3.05, 3.63) is 39.4 Å². The number of nitrogens with one attached hydrogen (secondary N) is 2. The topological polar surface area (TPSA) is 118 Å². The van der Waals surface area contributed by atoms with Gasteiger partial charge in [-0.15, -0.1) is 0 Å². The maximum absolute atomic E-state index is 12.1. The molecule has 2 N–H and O–H groups in total. The summed E-state index contributed by atoms with van der Waals surface area (Å²) in [5.41, 5.74) is 0.254. The van der Waals surface area contributed by atoms with Crippen molar-refractivity contribution in [3.63, 3.8) is 0 Å². The largest absolute Gasteiger partial charge is 0.340 e. The predicted molar refractivity (Wildman–Crippen MR) is 71.5 cm³/mol. The molecular weight excluding hydrogens is 278 g/mol. The van der Waals surface area contributed by atoms with Crippen molar-refractivity contribution >= 4 is 23.4 Å². The van der Waals surface area contributed by atoms with E-state index in [9.17, 15) is 24.5 Å². The van der Waals surface area contributed by atoms with Gasteiger partial charge >= 0.3 is 0 Å². The minimum absolute atomic E-state index is 0.107. The van der Waals surface area contributed by atoms with E-state index in [-0.39, 0.29) is 24.1 Å². The summed E-state index contributed by atoms with van der Waals surface area (Å²) in [6, 6.07) is 3.30. The molecule has 1 fully saturated rings. The van der Waals surface area contributed by atoms with Gasteiger partial charge in [0.2, 0.25) is 11.8 Å². The zero-order valence-corrected chi connectivity index (χ0v) is 11.2. The van der Waals surface area contributed by atoms with Crippen LogP contribution < -0.4 is 10.6 Å². The van der Waals surface area contributed by atoms with Crippen LogP contribution in [0.2, 0.25) is 0 Å². The summed E-state index contributed by atoms with van der Waals surface area (Å²) in [7, 11) is 0. The number of nitro benzene ring substituents is 1. The number of piperidine rings is 1. The van der Waals surface area contributed by atoms with E-state index < -0.39 is 28.7 Å². The van der Waals surface area contributed by atoms with Crippen LogP contribution in [-0.2, 0) is 9.59 Å². The molecule has 2 rings (SSSR count). The minimum atomic E-state index is -0.865. The summed E-state index contributed by atoms with van der Waals surface area (Å²) in [5, 5.41) is 15.5. The van der Waals surface area contributed by atoms with Crippen LogP contribution in [0.5, 0.6) is 0 Å². The third-order valence-corrected chi connectivity index (χ3v) is 3.14. The molecule has 110 valence electrons. The van der Waals surface area contributed by atoms with Crippen LogP contribution in [0.4, 0.5) is 5.69 Å². The highest BCUT2D eigenvalue weighted by atomic mass is 16.6. The fourth-order valence-corrected chi connectivity index (χ4v) is 2.06. The molecule has 1 atom stereocenters. The van der Waals surface area contributed by atoms with Crippen molar-refractivity contribution in [1.29, 1.82) is 0 Å². The normalized spacial score (nSPS) is 18.0. The Morgan fingerprint density at radius 2 is 2.14 bits per heavy atom. The van der Waals surface area contributed by atoms with Crippen LogP contribution in [0.25, 0.3) is 0 Å². The SMILES string of the molecule is Cc1ccc([N+](=O)[O-])c(C(=O)NC2CCC(=O)NC2=O)c1. The predicted octanol–water partition coefficient (Wildman–Crippen LogP) is 0.438. The molecule has 0 spiro atoms. The number of aryl methyl sites for hydroxylation is 1. The van der Waals surface area contributed by atoms with E-state index in [0.717, 1.165) is 0 Å². The second-order valence-corrected chi connectivity index (χ2v) is 4.75. The number of rotatable bonds is 3. The lowest BCUT2D eigenvalue weighted by molar-refractivity contribution is -0.385. The van der Waals surface area contributed by atoms with Gasteiger partial charge in [0, 0.05) is 12.5 Å². The molecule has 0 saturated carbocycles. The minimum Gasteiger partial charge on any atom is -0.340 e. The number of benzene rings is 1. The number of nitro groups is 1. The molecule has 1 aliphatic heterocycles. The lowest BCUT2D eigenvalue weighted by Crippen LogP contribution is -2.52. The molecule has 0 aromatic heterocycles. The van der Waals surface area contributed by atoms with E-state index in [1.165, 1.54) is 18.2 Å². The molecule has 1 aliphatic rings. The van der Waals surface area contributed by atoms with E-state index in [1.54, 1.807) is 6.92 Å². The van der Waals surface area contributed by atoms with Gasteiger partial charge in [-0.1, -0.05) is 6.07 Å². The van der Waals surface area contributed by atoms with Crippen LogP contribution in [0.15, 0.2) is 18.2 Å². The second kappa shape index (κ2) is 5.70. The summed E-state index contributed by atoms with van der Waals surface area (Å²) >= 11 is 0. The highest BCUT2D eigenvalue weighted by molar-refractivity contribution is 6.05. The van der Waals surface area contributed by atoms with E-state index in [0.29, 0.717) is 5.56 Å². The number of carbonyl (C=O) groups excluding carboxylic acids is 3. The molecule has 0 radical (unpaired) electrons. The Kier molecular flexibility index (Phi) is 3.97. The van der Waals surface area contributed by atoms with Crippen molar-refractivity contribution in [2.75, 3.05) is 0 Å². The number of hydrogen-bond acceptors (Lipinski definition) is 5. The van der Waals surface area contributed by atoms with Crippen LogP contribution in [0.1, 0.15) is 28.8 Å². The van der Waals surface area contributed by atoms with E-state index in [1.807, 2.05) is 0 Å². The van der Waals surface area contributed by atoms with Gasteiger partial charge in [-0.25, -0.2) is 0 Å². The number of amides is 3. The van der Waals surface area contributed by atoms with Gasteiger partial charge in [0.05, 0.1) is 4.92 Å². The molecule has 0 bridgehead atoms. The van der Waals surface area contributed by atoms with E-state index in [2.05, 4.69) is 10.6 Å². The molecule has 0 aliphatic carbocycles. The number of carbonyl (C=O) groups is 3. The summed E-state index contributed by atoms with van der Waals surface area (Å²) in [4.78, 5) is 45.0. The fourth-order valence-electron chi connectivity index (χ4n) is 2.06. The number of imide groups is 1. The third kappa shape index (κ3) is 3.22. The molecule has 21 heavy (non-hydrogen) atoms. The Balaban J connectivity index is 2.21. The van der Waals surface area contributed by atoms with Gasteiger partial charge < -0.3 is 5.32 Å². The standard InChI is InChI=1S/C13H13N3O5/c1-7-2-4-10(16(20)21)8(6-7)12(18)14-9-3-5-11(17)15-13(9)19/h2,4,6,9H,3,5H2,1H3,(H,14,18)(H,15,17,19). The second-order valence-electron chi connectivity index (χ2n) is 4.75. The first-order chi connectivity index (χ1) is 9.88. The first-order valence-electron chi connectivity index (χ1n) is 6.28. The number of hydrogen-bond donors (Lipinski definition) is 2. The zero-order valence-electron chi connectivity index (χ0n) is 11.2. The quantitative estimate of drug-likeness (QED) is 0.476.